The number of rotatable bonds is 6. The number of Topliss-reactive ketones (excluding diaryl/α,β-unsaturated/α-hetero) is 1. The van der Waals surface area contributed by atoms with Gasteiger partial charge in [-0.15, -0.1) is 11.3 Å². The molecule has 0 atom stereocenters. The van der Waals surface area contributed by atoms with Crippen molar-refractivity contribution in [1.82, 2.24) is 0 Å². The molecular weight excluding hydrogens is 480 g/mol. The Morgan fingerprint density at radius 2 is 1.53 bits per heavy atom. The van der Waals surface area contributed by atoms with E-state index in [-0.39, 0.29) is 39.5 Å². The molecule has 3 aromatic carbocycles. The summed E-state index contributed by atoms with van der Waals surface area (Å²) in [6.07, 6.45) is 1.25. The van der Waals surface area contributed by atoms with Crippen molar-refractivity contribution in [3.8, 4) is 23.0 Å². The number of fused-ring (bicyclic) bond motifs is 2. The van der Waals surface area contributed by atoms with Crippen LogP contribution in [0.15, 0.2) is 66.1 Å². The smallest absolute Gasteiger partial charge is 0.353 e. The third-order valence-corrected chi connectivity index (χ3v) is 6.79. The lowest BCUT2D eigenvalue weighted by Crippen LogP contribution is -2.18. The van der Waals surface area contributed by atoms with Crippen molar-refractivity contribution in [1.29, 1.82) is 0 Å². The highest BCUT2D eigenvalue weighted by molar-refractivity contribution is 7.12. The van der Waals surface area contributed by atoms with Crippen LogP contribution in [0.2, 0.25) is 0 Å². The first kappa shape index (κ1) is 23.3. The monoisotopic (exact) mass is 500 g/mol. The van der Waals surface area contributed by atoms with E-state index in [2.05, 4.69) is 0 Å². The summed E-state index contributed by atoms with van der Waals surface area (Å²) in [4.78, 5) is 40.3. The zero-order valence-corrected chi connectivity index (χ0v) is 20.4. The fourth-order valence-electron chi connectivity index (χ4n) is 4.31. The van der Waals surface area contributed by atoms with Crippen LogP contribution in [0, 0.1) is 0 Å². The third-order valence-electron chi connectivity index (χ3n) is 5.94. The minimum Gasteiger partial charge on any atom is -0.496 e. The molecule has 0 radical (unpaired) electrons. The maximum atomic E-state index is 13.8. The van der Waals surface area contributed by atoms with E-state index in [4.69, 9.17) is 18.9 Å². The van der Waals surface area contributed by atoms with Gasteiger partial charge in [-0.3, -0.25) is 9.59 Å². The highest BCUT2D eigenvalue weighted by atomic mass is 32.1. The van der Waals surface area contributed by atoms with Crippen LogP contribution in [0.4, 0.5) is 0 Å². The standard InChI is InChI=1S/C28H20O7S/c1-32-20-9-4-7-15-19(29)13-17(26(30)24(15)20)18-14-22(34-3)16-8-5-10-21(33-2)25(16)27(18)35-28(31)23-11-6-12-36-23/h4-14H,1-3H3. The predicted molar refractivity (Wildman–Crippen MR) is 136 cm³/mol. The van der Waals surface area contributed by atoms with Gasteiger partial charge in [-0.25, -0.2) is 4.79 Å². The summed E-state index contributed by atoms with van der Waals surface area (Å²) >= 11 is 1.23. The Morgan fingerprint density at radius 3 is 2.22 bits per heavy atom. The fourth-order valence-corrected chi connectivity index (χ4v) is 4.91. The zero-order chi connectivity index (χ0) is 25.4. The van der Waals surface area contributed by atoms with Crippen molar-refractivity contribution in [2.75, 3.05) is 21.3 Å². The van der Waals surface area contributed by atoms with Gasteiger partial charge in [0, 0.05) is 22.1 Å². The topological polar surface area (TPSA) is 88.1 Å². The summed E-state index contributed by atoms with van der Waals surface area (Å²) in [7, 11) is 4.42. The summed E-state index contributed by atoms with van der Waals surface area (Å²) < 4.78 is 22.5. The van der Waals surface area contributed by atoms with Crippen molar-refractivity contribution in [2.24, 2.45) is 0 Å². The number of ether oxygens (including phenoxy) is 4. The lowest BCUT2D eigenvalue weighted by molar-refractivity contribution is 0.0740. The molecule has 36 heavy (non-hydrogen) atoms. The molecule has 8 heteroatoms. The molecule has 0 saturated carbocycles. The minimum atomic E-state index is -0.600. The van der Waals surface area contributed by atoms with Gasteiger partial charge >= 0.3 is 5.97 Å². The van der Waals surface area contributed by atoms with Gasteiger partial charge in [0.15, 0.2) is 17.3 Å². The Morgan fingerprint density at radius 1 is 0.806 bits per heavy atom. The molecule has 1 aliphatic rings. The van der Waals surface area contributed by atoms with Crippen LogP contribution >= 0.6 is 11.3 Å². The van der Waals surface area contributed by atoms with Gasteiger partial charge in [0.05, 0.1) is 32.3 Å². The van der Waals surface area contributed by atoms with E-state index in [1.54, 1.807) is 60.0 Å². The van der Waals surface area contributed by atoms with E-state index in [0.717, 1.165) is 0 Å². The number of carbonyl (C=O) groups excluding carboxylic acids is 3. The van der Waals surface area contributed by atoms with Crippen molar-refractivity contribution in [3.63, 3.8) is 0 Å². The van der Waals surface area contributed by atoms with Gasteiger partial charge in [0.25, 0.3) is 0 Å². The molecule has 180 valence electrons. The second kappa shape index (κ2) is 9.31. The Bertz CT molecular complexity index is 1560. The summed E-state index contributed by atoms with van der Waals surface area (Å²) in [5, 5.41) is 2.81. The van der Waals surface area contributed by atoms with Crippen molar-refractivity contribution < 1.29 is 33.3 Å². The van der Waals surface area contributed by atoms with Gasteiger partial charge in [-0.1, -0.05) is 30.3 Å². The largest absolute Gasteiger partial charge is 0.496 e. The number of ketones is 2. The average Bonchev–Trinajstić information content (AvgIpc) is 3.45. The van der Waals surface area contributed by atoms with Crippen LogP contribution in [0.5, 0.6) is 23.0 Å². The molecular formula is C28H20O7S. The number of allylic oxidation sites excluding steroid dienone is 2. The molecule has 0 bridgehead atoms. The lowest BCUT2D eigenvalue weighted by Gasteiger charge is -2.22. The Balaban J connectivity index is 1.81. The molecule has 7 nitrogen and oxygen atoms in total. The second-order valence-electron chi connectivity index (χ2n) is 7.84. The minimum absolute atomic E-state index is 0.0529. The number of carbonyl (C=O) groups is 3. The number of methoxy groups -OCH3 is 3. The van der Waals surface area contributed by atoms with E-state index in [1.165, 1.54) is 38.7 Å². The van der Waals surface area contributed by atoms with E-state index in [1.807, 2.05) is 0 Å². The van der Waals surface area contributed by atoms with Crippen molar-refractivity contribution in [2.45, 2.75) is 0 Å². The van der Waals surface area contributed by atoms with E-state index >= 15 is 0 Å². The van der Waals surface area contributed by atoms with Crippen molar-refractivity contribution >= 4 is 45.2 Å². The van der Waals surface area contributed by atoms with Gasteiger partial charge in [-0.2, -0.15) is 0 Å². The summed E-state index contributed by atoms with van der Waals surface area (Å²) in [6.45, 7) is 0. The molecule has 4 aromatic rings. The first-order valence-electron chi connectivity index (χ1n) is 10.9. The average molecular weight is 501 g/mol. The highest BCUT2D eigenvalue weighted by Crippen LogP contribution is 2.46. The second-order valence-corrected chi connectivity index (χ2v) is 8.79. The first-order chi connectivity index (χ1) is 17.5. The Hall–Kier alpha value is -4.43. The van der Waals surface area contributed by atoms with Crippen molar-refractivity contribution in [3.05, 3.63) is 87.6 Å². The SMILES string of the molecule is COc1cccc2c1C(=O)C(c1cc(OC)c3cccc(OC)c3c1OC(=O)c1cccs1)=CC2=O. The molecule has 0 spiro atoms. The molecule has 1 aliphatic carbocycles. The van der Waals surface area contributed by atoms with Crippen LogP contribution in [-0.2, 0) is 0 Å². The van der Waals surface area contributed by atoms with Crippen LogP contribution in [0.1, 0.15) is 36.0 Å². The highest BCUT2D eigenvalue weighted by Gasteiger charge is 2.33. The lowest BCUT2D eigenvalue weighted by atomic mass is 9.84. The Labute approximate surface area is 210 Å². The third kappa shape index (κ3) is 3.72. The zero-order valence-electron chi connectivity index (χ0n) is 19.6. The number of thiophene rings is 1. The molecule has 0 fully saturated rings. The molecule has 1 aromatic heterocycles. The first-order valence-corrected chi connectivity index (χ1v) is 11.8. The number of hydrogen-bond acceptors (Lipinski definition) is 8. The predicted octanol–water partition coefficient (Wildman–Crippen LogP) is 5.61. The van der Waals surface area contributed by atoms with Crippen LogP contribution < -0.4 is 18.9 Å². The van der Waals surface area contributed by atoms with Crippen LogP contribution in [0.3, 0.4) is 0 Å². The molecule has 0 saturated heterocycles. The maximum absolute atomic E-state index is 13.8. The van der Waals surface area contributed by atoms with Crippen LogP contribution in [-0.4, -0.2) is 38.9 Å². The molecule has 0 unspecified atom stereocenters. The molecule has 0 amide bonds. The maximum Gasteiger partial charge on any atom is 0.353 e. The summed E-state index contributed by atoms with van der Waals surface area (Å²) in [5.41, 5.74) is 0.670. The van der Waals surface area contributed by atoms with E-state index in [9.17, 15) is 14.4 Å². The van der Waals surface area contributed by atoms with Gasteiger partial charge in [0.2, 0.25) is 0 Å². The fraction of sp³-hybridized carbons (Fsp3) is 0.107. The molecule has 1 heterocycles. The number of benzene rings is 3. The molecule has 0 N–H and O–H groups in total. The summed E-state index contributed by atoms with van der Waals surface area (Å²) in [6, 6.07) is 15.1. The molecule has 5 rings (SSSR count). The van der Waals surface area contributed by atoms with E-state index < -0.39 is 11.8 Å². The van der Waals surface area contributed by atoms with E-state index in [0.29, 0.717) is 27.1 Å². The number of hydrogen-bond donors (Lipinski definition) is 0. The van der Waals surface area contributed by atoms with Gasteiger partial charge in [-0.05, 0) is 35.7 Å². The Kier molecular flexibility index (Phi) is 6.03. The molecule has 0 aliphatic heterocycles. The summed E-state index contributed by atoms with van der Waals surface area (Å²) in [5.74, 6) is -0.209. The van der Waals surface area contributed by atoms with Crippen LogP contribution in [0.25, 0.3) is 16.3 Å². The quantitative estimate of drug-likeness (QED) is 0.251. The van der Waals surface area contributed by atoms with Gasteiger partial charge in [0.1, 0.15) is 22.1 Å². The van der Waals surface area contributed by atoms with Gasteiger partial charge < -0.3 is 18.9 Å². The number of esters is 1. The normalized spacial score (nSPS) is 12.7.